The van der Waals surface area contributed by atoms with Crippen molar-refractivity contribution in [3.63, 3.8) is 0 Å². The molecule has 13 heavy (non-hydrogen) atoms. The lowest BCUT2D eigenvalue weighted by Crippen LogP contribution is -2.57. The normalized spacial score (nSPS) is 46.7. The zero-order valence-electron chi connectivity index (χ0n) is 8.71. The van der Waals surface area contributed by atoms with Gasteiger partial charge in [-0.05, 0) is 36.0 Å². The molecule has 3 rings (SSSR count). The van der Waals surface area contributed by atoms with Gasteiger partial charge in [0.1, 0.15) is 0 Å². The standard InChI is InChI=1S/C11H19NO/c1-6-8(10(12)13)4-7-5-9(6)11(7,2)3/h6-9H,4-5H2,1-3H3,(H2,12,13)/t6-,7+,8+,9+/m1/s1. The molecule has 74 valence electrons. The Morgan fingerprint density at radius 3 is 2.38 bits per heavy atom. The molecule has 3 fully saturated rings. The first-order chi connectivity index (χ1) is 5.94. The molecule has 0 spiro atoms. The maximum absolute atomic E-state index is 11.2. The minimum atomic E-state index is -0.0855. The molecule has 0 radical (unpaired) electrons. The van der Waals surface area contributed by atoms with Gasteiger partial charge in [0.2, 0.25) is 5.91 Å². The lowest BCUT2D eigenvalue weighted by atomic mass is 9.43. The fraction of sp³-hybridized carbons (Fsp3) is 0.909. The summed E-state index contributed by atoms with van der Waals surface area (Å²) >= 11 is 0. The molecule has 0 saturated heterocycles. The molecule has 2 bridgehead atoms. The SMILES string of the molecule is C[C@@H]1[C@@H](C(N)=O)C[C@H]2C[C@@H]1C2(C)C. The van der Waals surface area contributed by atoms with E-state index in [-0.39, 0.29) is 11.8 Å². The Labute approximate surface area is 79.9 Å². The van der Waals surface area contributed by atoms with Gasteiger partial charge in [-0.25, -0.2) is 0 Å². The number of carbonyl (C=O) groups is 1. The largest absolute Gasteiger partial charge is 0.369 e. The van der Waals surface area contributed by atoms with Crippen molar-refractivity contribution in [3.05, 3.63) is 0 Å². The van der Waals surface area contributed by atoms with E-state index in [1.165, 1.54) is 6.42 Å². The molecule has 4 atom stereocenters. The van der Waals surface area contributed by atoms with E-state index in [9.17, 15) is 4.79 Å². The lowest BCUT2D eigenvalue weighted by molar-refractivity contribution is -0.151. The highest BCUT2D eigenvalue weighted by atomic mass is 16.1. The summed E-state index contributed by atoms with van der Waals surface area (Å²) in [5, 5.41) is 0. The van der Waals surface area contributed by atoms with Crippen LogP contribution in [0.15, 0.2) is 0 Å². The zero-order chi connectivity index (χ0) is 9.80. The second kappa shape index (κ2) is 2.49. The van der Waals surface area contributed by atoms with Crippen LogP contribution >= 0.6 is 0 Å². The van der Waals surface area contributed by atoms with Crippen molar-refractivity contribution in [1.29, 1.82) is 0 Å². The molecule has 0 heterocycles. The van der Waals surface area contributed by atoms with E-state index >= 15 is 0 Å². The van der Waals surface area contributed by atoms with Gasteiger partial charge in [-0.3, -0.25) is 4.79 Å². The summed E-state index contributed by atoms with van der Waals surface area (Å²) in [7, 11) is 0. The van der Waals surface area contributed by atoms with Crippen LogP contribution in [0.2, 0.25) is 0 Å². The summed E-state index contributed by atoms with van der Waals surface area (Å²) in [5.41, 5.74) is 5.85. The summed E-state index contributed by atoms with van der Waals surface area (Å²) in [5.74, 6) is 2.03. The van der Waals surface area contributed by atoms with Gasteiger partial charge in [-0.15, -0.1) is 0 Å². The Morgan fingerprint density at radius 2 is 2.00 bits per heavy atom. The number of nitrogens with two attached hydrogens (primary N) is 1. The Morgan fingerprint density at radius 1 is 1.38 bits per heavy atom. The number of carbonyl (C=O) groups excluding carboxylic acids is 1. The number of hydrogen-bond acceptors (Lipinski definition) is 1. The molecular weight excluding hydrogens is 162 g/mol. The van der Waals surface area contributed by atoms with Crippen molar-refractivity contribution < 1.29 is 4.79 Å². The van der Waals surface area contributed by atoms with Gasteiger partial charge in [0, 0.05) is 5.92 Å². The number of primary amides is 1. The van der Waals surface area contributed by atoms with Crippen molar-refractivity contribution in [3.8, 4) is 0 Å². The topological polar surface area (TPSA) is 43.1 Å². The quantitative estimate of drug-likeness (QED) is 0.658. The smallest absolute Gasteiger partial charge is 0.220 e. The molecule has 2 nitrogen and oxygen atoms in total. The number of rotatable bonds is 1. The van der Waals surface area contributed by atoms with E-state index in [4.69, 9.17) is 5.73 Å². The first-order valence-electron chi connectivity index (χ1n) is 5.24. The number of hydrogen-bond donors (Lipinski definition) is 1. The van der Waals surface area contributed by atoms with Crippen LogP contribution in [0.4, 0.5) is 0 Å². The van der Waals surface area contributed by atoms with Crippen molar-refractivity contribution in [2.24, 2.45) is 34.8 Å². The van der Waals surface area contributed by atoms with E-state index in [0.29, 0.717) is 11.3 Å². The highest BCUT2D eigenvalue weighted by Gasteiger charge is 2.57. The first kappa shape index (κ1) is 9.04. The molecular formula is C11H19NO. The van der Waals surface area contributed by atoms with E-state index in [0.717, 1.165) is 18.3 Å². The highest BCUT2D eigenvalue weighted by molar-refractivity contribution is 5.77. The van der Waals surface area contributed by atoms with Gasteiger partial charge >= 0.3 is 0 Å². The van der Waals surface area contributed by atoms with Crippen molar-refractivity contribution in [2.75, 3.05) is 0 Å². The third-order valence-electron chi connectivity index (χ3n) is 4.72. The molecule has 0 unspecified atom stereocenters. The van der Waals surface area contributed by atoms with Crippen LogP contribution in [-0.4, -0.2) is 5.91 Å². The van der Waals surface area contributed by atoms with Crippen LogP contribution in [0.1, 0.15) is 33.6 Å². The predicted molar refractivity (Wildman–Crippen MR) is 51.8 cm³/mol. The summed E-state index contributed by atoms with van der Waals surface area (Å²) in [6.45, 7) is 6.86. The van der Waals surface area contributed by atoms with Crippen LogP contribution < -0.4 is 5.73 Å². The molecule has 0 aromatic heterocycles. The second-order valence-electron chi connectivity index (χ2n) is 5.46. The van der Waals surface area contributed by atoms with Crippen LogP contribution in [0.3, 0.4) is 0 Å². The molecule has 0 aliphatic heterocycles. The van der Waals surface area contributed by atoms with E-state index in [2.05, 4.69) is 20.8 Å². The third-order valence-corrected chi connectivity index (χ3v) is 4.72. The van der Waals surface area contributed by atoms with Gasteiger partial charge in [0.15, 0.2) is 0 Å². The first-order valence-corrected chi connectivity index (χ1v) is 5.24. The molecule has 3 saturated carbocycles. The minimum Gasteiger partial charge on any atom is -0.369 e. The van der Waals surface area contributed by atoms with Crippen LogP contribution in [0.5, 0.6) is 0 Å². The summed E-state index contributed by atoms with van der Waals surface area (Å²) < 4.78 is 0. The monoisotopic (exact) mass is 181 g/mol. The Balaban J connectivity index is 2.16. The summed E-state index contributed by atoms with van der Waals surface area (Å²) in [6.07, 6.45) is 2.35. The molecule has 2 heteroatoms. The van der Waals surface area contributed by atoms with Crippen LogP contribution in [0, 0.1) is 29.1 Å². The van der Waals surface area contributed by atoms with Crippen molar-refractivity contribution in [2.45, 2.75) is 33.6 Å². The number of fused-ring (bicyclic) bond motifs is 2. The van der Waals surface area contributed by atoms with Crippen LogP contribution in [0.25, 0.3) is 0 Å². The maximum atomic E-state index is 11.2. The Kier molecular flexibility index (Phi) is 1.73. The molecule has 3 aliphatic carbocycles. The zero-order valence-corrected chi connectivity index (χ0v) is 8.71. The van der Waals surface area contributed by atoms with Gasteiger partial charge in [0.05, 0.1) is 0 Å². The van der Waals surface area contributed by atoms with E-state index in [1.54, 1.807) is 0 Å². The molecule has 3 aliphatic rings. The Hall–Kier alpha value is -0.530. The van der Waals surface area contributed by atoms with Crippen LogP contribution in [-0.2, 0) is 4.79 Å². The van der Waals surface area contributed by atoms with Crippen molar-refractivity contribution >= 4 is 5.91 Å². The fourth-order valence-corrected chi connectivity index (χ4v) is 3.53. The highest BCUT2D eigenvalue weighted by Crippen LogP contribution is 2.62. The van der Waals surface area contributed by atoms with E-state index < -0.39 is 0 Å². The molecule has 0 aromatic carbocycles. The van der Waals surface area contributed by atoms with Gasteiger partial charge in [-0.1, -0.05) is 20.8 Å². The predicted octanol–water partition coefficient (Wildman–Crippen LogP) is 1.79. The van der Waals surface area contributed by atoms with Gasteiger partial charge in [0.25, 0.3) is 0 Å². The molecule has 0 aromatic rings. The molecule has 1 amide bonds. The Bertz CT molecular complexity index is 246. The van der Waals surface area contributed by atoms with Gasteiger partial charge in [-0.2, -0.15) is 0 Å². The van der Waals surface area contributed by atoms with Crippen molar-refractivity contribution in [1.82, 2.24) is 0 Å². The minimum absolute atomic E-state index is 0.0855. The average molecular weight is 181 g/mol. The third kappa shape index (κ3) is 1.04. The molecule has 2 N–H and O–H groups in total. The lowest BCUT2D eigenvalue weighted by Gasteiger charge is -2.61. The maximum Gasteiger partial charge on any atom is 0.220 e. The van der Waals surface area contributed by atoms with E-state index in [1.807, 2.05) is 0 Å². The summed E-state index contributed by atoms with van der Waals surface area (Å²) in [4.78, 5) is 11.2. The fourth-order valence-electron chi connectivity index (χ4n) is 3.53. The second-order valence-corrected chi connectivity index (χ2v) is 5.46. The van der Waals surface area contributed by atoms with Gasteiger partial charge < -0.3 is 5.73 Å². The average Bonchev–Trinajstić information content (AvgIpc) is 2.02. The summed E-state index contributed by atoms with van der Waals surface area (Å²) in [6, 6.07) is 0. The number of amides is 1.